The lowest BCUT2D eigenvalue weighted by Crippen LogP contribution is -2.11. The summed E-state index contributed by atoms with van der Waals surface area (Å²) >= 11 is 0. The molecule has 1 aromatic heterocycles. The van der Waals surface area contributed by atoms with Crippen molar-refractivity contribution in [1.29, 1.82) is 0 Å². The highest BCUT2D eigenvalue weighted by Crippen LogP contribution is 2.09. The second kappa shape index (κ2) is 5.34. The van der Waals surface area contributed by atoms with E-state index in [0.29, 0.717) is 16.8 Å². The lowest BCUT2D eigenvalue weighted by Gasteiger charge is -2.03. The molecule has 6 heteroatoms. The standard InChI is InChI=1S/C13H13N3O3/c1-16-8-11(7-14-16)15-12(17)9-3-5-10(6-4-9)13(18)19-2/h3-8H,1-2H3,(H,15,17). The van der Waals surface area contributed by atoms with Crippen molar-refractivity contribution in [2.24, 2.45) is 7.05 Å². The molecular formula is C13H13N3O3. The van der Waals surface area contributed by atoms with Gasteiger partial charge in [0.2, 0.25) is 0 Å². The van der Waals surface area contributed by atoms with Gasteiger partial charge in [-0.15, -0.1) is 0 Å². The molecule has 6 nitrogen and oxygen atoms in total. The highest BCUT2D eigenvalue weighted by Gasteiger charge is 2.09. The maximum Gasteiger partial charge on any atom is 0.337 e. The molecule has 19 heavy (non-hydrogen) atoms. The summed E-state index contributed by atoms with van der Waals surface area (Å²) in [5.74, 6) is -0.691. The van der Waals surface area contributed by atoms with Crippen LogP contribution < -0.4 is 5.32 Å². The Bertz CT molecular complexity index is 602. The maximum absolute atomic E-state index is 11.9. The average Bonchev–Trinajstić information content (AvgIpc) is 2.83. The predicted molar refractivity (Wildman–Crippen MR) is 68.9 cm³/mol. The van der Waals surface area contributed by atoms with Crippen molar-refractivity contribution in [3.05, 3.63) is 47.8 Å². The van der Waals surface area contributed by atoms with Crippen molar-refractivity contribution in [2.75, 3.05) is 12.4 Å². The number of carbonyl (C=O) groups is 2. The number of anilines is 1. The highest BCUT2D eigenvalue weighted by molar-refractivity contribution is 6.04. The molecule has 0 aliphatic carbocycles. The molecule has 0 bridgehead atoms. The van der Waals surface area contributed by atoms with Crippen LogP contribution >= 0.6 is 0 Å². The van der Waals surface area contributed by atoms with Crippen molar-refractivity contribution in [1.82, 2.24) is 9.78 Å². The summed E-state index contributed by atoms with van der Waals surface area (Å²) in [5.41, 5.74) is 1.47. The largest absolute Gasteiger partial charge is 0.465 e. The lowest BCUT2D eigenvalue weighted by atomic mass is 10.1. The van der Waals surface area contributed by atoms with E-state index >= 15 is 0 Å². The first-order valence-electron chi connectivity index (χ1n) is 5.58. The van der Waals surface area contributed by atoms with Crippen molar-refractivity contribution in [3.63, 3.8) is 0 Å². The molecule has 1 aromatic carbocycles. The molecule has 2 aromatic rings. The number of aryl methyl sites for hydroxylation is 1. The van der Waals surface area contributed by atoms with Crippen LogP contribution in [0.2, 0.25) is 0 Å². The van der Waals surface area contributed by atoms with Gasteiger partial charge in [-0.2, -0.15) is 5.10 Å². The summed E-state index contributed by atoms with van der Waals surface area (Å²) < 4.78 is 6.18. The van der Waals surface area contributed by atoms with Crippen LogP contribution in [-0.2, 0) is 11.8 Å². The van der Waals surface area contributed by atoms with E-state index in [1.807, 2.05) is 0 Å². The van der Waals surface area contributed by atoms with Gasteiger partial charge in [-0.3, -0.25) is 9.48 Å². The fraction of sp³-hybridized carbons (Fsp3) is 0.154. The maximum atomic E-state index is 11.9. The van der Waals surface area contributed by atoms with Crippen LogP contribution in [0.1, 0.15) is 20.7 Å². The first kappa shape index (κ1) is 12.8. The minimum atomic E-state index is -0.431. The molecule has 0 saturated heterocycles. The van der Waals surface area contributed by atoms with E-state index in [-0.39, 0.29) is 5.91 Å². The fourth-order valence-corrected chi connectivity index (χ4v) is 1.56. The average molecular weight is 259 g/mol. The van der Waals surface area contributed by atoms with Gasteiger partial charge >= 0.3 is 5.97 Å². The quantitative estimate of drug-likeness (QED) is 0.847. The molecule has 0 saturated carbocycles. The van der Waals surface area contributed by atoms with Crippen LogP contribution in [0.3, 0.4) is 0 Å². The Hall–Kier alpha value is -2.63. The Labute approximate surface area is 110 Å². The molecule has 0 spiro atoms. The van der Waals surface area contributed by atoms with E-state index in [0.717, 1.165) is 0 Å². The second-order valence-electron chi connectivity index (χ2n) is 3.93. The number of methoxy groups -OCH3 is 1. The first-order chi connectivity index (χ1) is 9.10. The number of hydrogen-bond donors (Lipinski definition) is 1. The number of esters is 1. The summed E-state index contributed by atoms with van der Waals surface area (Å²) in [7, 11) is 3.08. The van der Waals surface area contributed by atoms with Gasteiger partial charge in [0.1, 0.15) is 0 Å². The summed E-state index contributed by atoms with van der Waals surface area (Å²) in [5, 5.41) is 6.66. The number of amides is 1. The van der Waals surface area contributed by atoms with Crippen molar-refractivity contribution in [2.45, 2.75) is 0 Å². The third kappa shape index (κ3) is 2.98. The molecule has 2 rings (SSSR count). The zero-order chi connectivity index (χ0) is 13.8. The number of ether oxygens (including phenoxy) is 1. The summed E-state index contributed by atoms with van der Waals surface area (Å²) in [6.45, 7) is 0. The summed E-state index contributed by atoms with van der Waals surface area (Å²) in [6.07, 6.45) is 3.25. The van der Waals surface area contributed by atoms with Gasteiger partial charge in [-0.25, -0.2) is 4.79 Å². The number of carbonyl (C=O) groups excluding carboxylic acids is 2. The third-order valence-electron chi connectivity index (χ3n) is 2.53. The first-order valence-corrected chi connectivity index (χ1v) is 5.58. The lowest BCUT2D eigenvalue weighted by molar-refractivity contribution is 0.0600. The molecule has 1 N–H and O–H groups in total. The number of hydrogen-bond acceptors (Lipinski definition) is 4. The van der Waals surface area contributed by atoms with Gasteiger partial charge in [0.05, 0.1) is 24.6 Å². The minimum absolute atomic E-state index is 0.260. The molecule has 0 radical (unpaired) electrons. The number of nitrogens with zero attached hydrogens (tertiary/aromatic N) is 2. The monoisotopic (exact) mass is 259 g/mol. The van der Waals surface area contributed by atoms with E-state index in [9.17, 15) is 9.59 Å². The van der Waals surface area contributed by atoms with Crippen molar-refractivity contribution in [3.8, 4) is 0 Å². The van der Waals surface area contributed by atoms with Crippen LogP contribution in [0, 0.1) is 0 Å². The molecule has 1 amide bonds. The van der Waals surface area contributed by atoms with E-state index in [1.165, 1.54) is 7.11 Å². The Morgan fingerprint density at radius 2 is 1.84 bits per heavy atom. The minimum Gasteiger partial charge on any atom is -0.465 e. The zero-order valence-corrected chi connectivity index (χ0v) is 10.6. The number of benzene rings is 1. The molecule has 0 atom stereocenters. The predicted octanol–water partition coefficient (Wildman–Crippen LogP) is 1.46. The molecule has 98 valence electrons. The van der Waals surface area contributed by atoms with E-state index in [4.69, 9.17) is 0 Å². The molecule has 0 unspecified atom stereocenters. The van der Waals surface area contributed by atoms with Gasteiger partial charge < -0.3 is 10.1 Å². The van der Waals surface area contributed by atoms with Crippen LogP contribution in [0.4, 0.5) is 5.69 Å². The van der Waals surface area contributed by atoms with Crippen molar-refractivity contribution >= 4 is 17.6 Å². The Morgan fingerprint density at radius 3 is 2.37 bits per heavy atom. The summed E-state index contributed by atoms with van der Waals surface area (Å²) in [4.78, 5) is 23.2. The van der Waals surface area contributed by atoms with E-state index < -0.39 is 5.97 Å². The van der Waals surface area contributed by atoms with Gasteiger partial charge in [0.15, 0.2) is 0 Å². The number of aromatic nitrogens is 2. The van der Waals surface area contributed by atoms with Crippen LogP contribution in [-0.4, -0.2) is 28.8 Å². The smallest absolute Gasteiger partial charge is 0.337 e. The SMILES string of the molecule is COC(=O)c1ccc(C(=O)Nc2cnn(C)c2)cc1. The van der Waals surface area contributed by atoms with Gasteiger partial charge in [-0.05, 0) is 24.3 Å². The second-order valence-corrected chi connectivity index (χ2v) is 3.93. The molecule has 0 aliphatic heterocycles. The summed E-state index contributed by atoms with van der Waals surface area (Å²) in [6, 6.07) is 6.23. The van der Waals surface area contributed by atoms with Crippen molar-refractivity contribution < 1.29 is 14.3 Å². The van der Waals surface area contributed by atoms with Crippen LogP contribution in [0.5, 0.6) is 0 Å². The third-order valence-corrected chi connectivity index (χ3v) is 2.53. The molecule has 0 fully saturated rings. The van der Waals surface area contributed by atoms with Crippen LogP contribution in [0.15, 0.2) is 36.7 Å². The van der Waals surface area contributed by atoms with Crippen LogP contribution in [0.25, 0.3) is 0 Å². The van der Waals surface area contributed by atoms with E-state index in [1.54, 1.807) is 48.4 Å². The zero-order valence-electron chi connectivity index (χ0n) is 10.6. The topological polar surface area (TPSA) is 73.2 Å². The molecular weight excluding hydrogens is 246 g/mol. The van der Waals surface area contributed by atoms with E-state index in [2.05, 4.69) is 15.2 Å². The molecule has 0 aliphatic rings. The Morgan fingerprint density at radius 1 is 1.21 bits per heavy atom. The fourth-order valence-electron chi connectivity index (χ4n) is 1.56. The molecule has 1 heterocycles. The normalized spacial score (nSPS) is 10.0. The Balaban J connectivity index is 2.09. The van der Waals surface area contributed by atoms with Gasteiger partial charge in [0, 0.05) is 18.8 Å². The highest BCUT2D eigenvalue weighted by atomic mass is 16.5. The Kier molecular flexibility index (Phi) is 3.61. The number of rotatable bonds is 3. The van der Waals surface area contributed by atoms with Gasteiger partial charge in [-0.1, -0.05) is 0 Å². The number of nitrogens with one attached hydrogen (secondary N) is 1. The van der Waals surface area contributed by atoms with Gasteiger partial charge in [0.25, 0.3) is 5.91 Å².